The van der Waals surface area contributed by atoms with Crippen LogP contribution < -0.4 is 5.73 Å². The van der Waals surface area contributed by atoms with E-state index < -0.39 is 11.7 Å². The van der Waals surface area contributed by atoms with Gasteiger partial charge >= 0.3 is 6.18 Å². The number of hydrogen-bond acceptors (Lipinski definition) is 2. The van der Waals surface area contributed by atoms with E-state index in [-0.39, 0.29) is 11.3 Å². The maximum Gasteiger partial charge on any atom is 0.416 e. The van der Waals surface area contributed by atoms with Crippen molar-refractivity contribution in [2.24, 2.45) is 0 Å². The van der Waals surface area contributed by atoms with Crippen molar-refractivity contribution in [1.29, 1.82) is 0 Å². The molecule has 0 aliphatic rings. The number of thioether (sulfide) groups is 1. The molecular formula is C14H11ClF3NS. The quantitative estimate of drug-likeness (QED) is 0.619. The van der Waals surface area contributed by atoms with E-state index in [0.717, 1.165) is 11.0 Å². The van der Waals surface area contributed by atoms with Gasteiger partial charge in [-0.3, -0.25) is 0 Å². The fourth-order valence-corrected chi connectivity index (χ4v) is 2.87. The Morgan fingerprint density at radius 3 is 2.45 bits per heavy atom. The summed E-state index contributed by atoms with van der Waals surface area (Å²) in [4.78, 5) is 0.779. The fourth-order valence-electron chi connectivity index (χ4n) is 1.68. The molecule has 6 heteroatoms. The average Bonchev–Trinajstić information content (AvgIpc) is 2.39. The molecule has 2 N–H and O–H groups in total. The summed E-state index contributed by atoms with van der Waals surface area (Å²) < 4.78 is 38.5. The van der Waals surface area contributed by atoms with Gasteiger partial charge in [-0.25, -0.2) is 0 Å². The van der Waals surface area contributed by atoms with Crippen molar-refractivity contribution in [3.63, 3.8) is 0 Å². The highest BCUT2D eigenvalue weighted by Crippen LogP contribution is 2.35. The molecule has 2 aromatic rings. The number of nitrogen functional groups attached to an aromatic ring is 1. The summed E-state index contributed by atoms with van der Waals surface area (Å²) in [5.41, 5.74) is 5.68. The molecular weight excluding hydrogens is 307 g/mol. The highest BCUT2D eigenvalue weighted by atomic mass is 35.5. The van der Waals surface area contributed by atoms with Crippen LogP contribution in [0.25, 0.3) is 0 Å². The second-order valence-electron chi connectivity index (χ2n) is 4.13. The van der Waals surface area contributed by atoms with E-state index in [4.69, 9.17) is 17.3 Å². The van der Waals surface area contributed by atoms with Gasteiger partial charge < -0.3 is 5.73 Å². The molecule has 0 fully saturated rings. The standard InChI is InChI=1S/C14H11ClF3NS/c15-12-7-10(5-6-13(12)19)20-8-9-3-1-2-4-11(9)14(16,17)18/h1-7H,8,19H2. The molecule has 2 rings (SSSR count). The third-order valence-electron chi connectivity index (χ3n) is 2.69. The molecule has 0 amide bonds. The lowest BCUT2D eigenvalue weighted by Gasteiger charge is -2.12. The molecule has 0 aromatic heterocycles. The van der Waals surface area contributed by atoms with Gasteiger partial charge in [-0.05, 0) is 29.8 Å². The van der Waals surface area contributed by atoms with E-state index in [1.54, 1.807) is 24.3 Å². The molecule has 0 aliphatic carbocycles. The normalized spacial score (nSPS) is 11.6. The van der Waals surface area contributed by atoms with E-state index in [0.29, 0.717) is 10.7 Å². The predicted molar refractivity (Wildman–Crippen MR) is 76.9 cm³/mol. The number of hydrogen-bond donors (Lipinski definition) is 1. The molecule has 0 radical (unpaired) electrons. The number of halogens is 4. The highest BCUT2D eigenvalue weighted by Gasteiger charge is 2.32. The van der Waals surface area contributed by atoms with Crippen molar-refractivity contribution in [3.05, 3.63) is 58.6 Å². The minimum Gasteiger partial charge on any atom is -0.398 e. The van der Waals surface area contributed by atoms with Crippen molar-refractivity contribution >= 4 is 29.1 Å². The second kappa shape index (κ2) is 5.97. The third-order valence-corrected chi connectivity index (χ3v) is 4.06. The Balaban J connectivity index is 2.17. The first-order valence-corrected chi connectivity index (χ1v) is 7.07. The van der Waals surface area contributed by atoms with Crippen molar-refractivity contribution in [2.45, 2.75) is 16.8 Å². The minimum atomic E-state index is -4.34. The van der Waals surface area contributed by atoms with Gasteiger partial charge in [0.1, 0.15) is 0 Å². The van der Waals surface area contributed by atoms with Crippen molar-refractivity contribution in [1.82, 2.24) is 0 Å². The maximum atomic E-state index is 12.8. The van der Waals surface area contributed by atoms with Crippen LogP contribution >= 0.6 is 23.4 Å². The van der Waals surface area contributed by atoms with Crippen LogP contribution in [0.15, 0.2) is 47.4 Å². The molecule has 1 nitrogen and oxygen atoms in total. The zero-order valence-corrected chi connectivity index (χ0v) is 11.8. The molecule has 0 unspecified atom stereocenters. The molecule has 20 heavy (non-hydrogen) atoms. The number of benzene rings is 2. The van der Waals surface area contributed by atoms with Crippen molar-refractivity contribution in [2.75, 3.05) is 5.73 Å². The van der Waals surface area contributed by atoms with E-state index in [1.807, 2.05) is 0 Å². The zero-order chi connectivity index (χ0) is 14.8. The van der Waals surface area contributed by atoms with Gasteiger partial charge in [-0.2, -0.15) is 13.2 Å². The number of anilines is 1. The molecule has 0 heterocycles. The Hall–Kier alpha value is -1.33. The van der Waals surface area contributed by atoms with E-state index in [2.05, 4.69) is 0 Å². The summed E-state index contributed by atoms with van der Waals surface area (Å²) in [5, 5.41) is 0.402. The lowest BCUT2D eigenvalue weighted by atomic mass is 10.1. The Labute approximate surface area is 123 Å². The number of rotatable bonds is 3. The van der Waals surface area contributed by atoms with Crippen LogP contribution in [0.2, 0.25) is 5.02 Å². The van der Waals surface area contributed by atoms with Crippen LogP contribution in [0.1, 0.15) is 11.1 Å². The molecule has 0 atom stereocenters. The summed E-state index contributed by atoms with van der Waals surface area (Å²) in [6.07, 6.45) is -4.34. The maximum absolute atomic E-state index is 12.8. The summed E-state index contributed by atoms with van der Waals surface area (Å²) in [6.45, 7) is 0. The first-order chi connectivity index (χ1) is 9.38. The predicted octanol–water partition coefficient (Wildman–Crippen LogP) is 5.23. The van der Waals surface area contributed by atoms with Crippen LogP contribution in [-0.4, -0.2) is 0 Å². The minimum absolute atomic E-state index is 0.218. The van der Waals surface area contributed by atoms with Gasteiger partial charge in [0.2, 0.25) is 0 Å². The molecule has 0 aliphatic heterocycles. The lowest BCUT2D eigenvalue weighted by molar-refractivity contribution is -0.138. The number of nitrogens with two attached hydrogens (primary N) is 1. The molecule has 0 bridgehead atoms. The fraction of sp³-hybridized carbons (Fsp3) is 0.143. The SMILES string of the molecule is Nc1ccc(SCc2ccccc2C(F)(F)F)cc1Cl. The topological polar surface area (TPSA) is 26.0 Å². The second-order valence-corrected chi connectivity index (χ2v) is 5.58. The highest BCUT2D eigenvalue weighted by molar-refractivity contribution is 7.98. The van der Waals surface area contributed by atoms with Crippen LogP contribution in [0, 0.1) is 0 Å². The molecule has 0 saturated heterocycles. The van der Waals surface area contributed by atoms with Gasteiger partial charge in [0.25, 0.3) is 0 Å². The van der Waals surface area contributed by atoms with Crippen LogP contribution in [0.4, 0.5) is 18.9 Å². The van der Waals surface area contributed by atoms with E-state index in [9.17, 15) is 13.2 Å². The average molecular weight is 318 g/mol. The molecule has 106 valence electrons. The monoisotopic (exact) mass is 317 g/mol. The van der Waals surface area contributed by atoms with Gasteiger partial charge in [0.05, 0.1) is 16.3 Å². The summed E-state index contributed by atoms with van der Waals surface area (Å²) >= 11 is 7.17. The van der Waals surface area contributed by atoms with Crippen LogP contribution in [0.5, 0.6) is 0 Å². The number of alkyl halides is 3. The van der Waals surface area contributed by atoms with E-state index >= 15 is 0 Å². The molecule has 0 spiro atoms. The van der Waals surface area contributed by atoms with Gasteiger partial charge in [-0.1, -0.05) is 29.8 Å². The van der Waals surface area contributed by atoms with Crippen LogP contribution in [-0.2, 0) is 11.9 Å². The largest absolute Gasteiger partial charge is 0.416 e. The summed E-state index contributed by atoms with van der Waals surface area (Å²) in [5.74, 6) is 0.218. The van der Waals surface area contributed by atoms with Gasteiger partial charge in [0.15, 0.2) is 0 Å². The smallest absolute Gasteiger partial charge is 0.398 e. The third kappa shape index (κ3) is 3.61. The zero-order valence-electron chi connectivity index (χ0n) is 10.2. The Morgan fingerprint density at radius 2 is 1.80 bits per heavy atom. The van der Waals surface area contributed by atoms with Crippen molar-refractivity contribution in [3.8, 4) is 0 Å². The summed E-state index contributed by atoms with van der Waals surface area (Å²) in [7, 11) is 0. The molecule has 2 aromatic carbocycles. The van der Waals surface area contributed by atoms with Crippen LogP contribution in [0.3, 0.4) is 0 Å². The van der Waals surface area contributed by atoms with E-state index in [1.165, 1.54) is 23.9 Å². The van der Waals surface area contributed by atoms with Gasteiger partial charge in [0, 0.05) is 10.6 Å². The first kappa shape index (κ1) is 15.1. The Morgan fingerprint density at radius 1 is 1.10 bits per heavy atom. The summed E-state index contributed by atoms with van der Waals surface area (Å²) in [6, 6.07) is 10.6. The first-order valence-electron chi connectivity index (χ1n) is 5.71. The lowest BCUT2D eigenvalue weighted by Crippen LogP contribution is -2.08. The van der Waals surface area contributed by atoms with Crippen molar-refractivity contribution < 1.29 is 13.2 Å². The Bertz CT molecular complexity index is 614. The van der Waals surface area contributed by atoms with Gasteiger partial charge in [-0.15, -0.1) is 11.8 Å². The molecule has 0 saturated carbocycles. The Kier molecular flexibility index (Phi) is 4.50.